The molecular formula is C20H19ClN6O2. The van der Waals surface area contributed by atoms with E-state index < -0.39 is 0 Å². The average Bonchev–Trinajstić information content (AvgIpc) is 2.91. The number of carbonyl (C=O) groups is 1. The monoisotopic (exact) mass is 410 g/mol. The van der Waals surface area contributed by atoms with Crippen molar-refractivity contribution in [2.24, 2.45) is 4.99 Å². The highest BCUT2D eigenvalue weighted by Gasteiger charge is 2.20. The minimum atomic E-state index is -0.224. The quantitative estimate of drug-likeness (QED) is 0.693. The summed E-state index contributed by atoms with van der Waals surface area (Å²) in [4.78, 5) is 31.3. The molecule has 2 N–H and O–H groups in total. The van der Waals surface area contributed by atoms with Crippen LogP contribution in [0.1, 0.15) is 17.7 Å². The van der Waals surface area contributed by atoms with Crippen molar-refractivity contribution in [1.29, 1.82) is 0 Å². The normalized spacial score (nSPS) is 13.4. The molecule has 0 fully saturated rings. The number of halogens is 1. The molecule has 9 heteroatoms. The molecular weight excluding hydrogens is 392 g/mol. The molecule has 0 radical (unpaired) electrons. The van der Waals surface area contributed by atoms with Crippen LogP contribution < -0.4 is 15.8 Å². The summed E-state index contributed by atoms with van der Waals surface area (Å²) in [6, 6.07) is 10.8. The van der Waals surface area contributed by atoms with E-state index in [1.165, 1.54) is 4.68 Å². The lowest BCUT2D eigenvalue weighted by molar-refractivity contribution is -0.115. The fourth-order valence-electron chi connectivity index (χ4n) is 3.16. The minimum absolute atomic E-state index is 0.101. The van der Waals surface area contributed by atoms with Crippen LogP contribution in [-0.4, -0.2) is 40.7 Å². The number of aryl methyl sites for hydroxylation is 1. The van der Waals surface area contributed by atoms with E-state index in [1.54, 1.807) is 25.1 Å². The van der Waals surface area contributed by atoms with Crippen molar-refractivity contribution in [3.8, 4) is 5.69 Å². The number of nitrogens with zero attached hydrogens (tertiary/aromatic N) is 4. The molecule has 148 valence electrons. The smallest absolute Gasteiger partial charge is 0.294 e. The van der Waals surface area contributed by atoms with E-state index in [2.05, 4.69) is 15.6 Å². The van der Waals surface area contributed by atoms with Gasteiger partial charge in [0.05, 0.1) is 39.9 Å². The molecule has 29 heavy (non-hydrogen) atoms. The van der Waals surface area contributed by atoms with Crippen LogP contribution in [0, 0.1) is 6.92 Å². The van der Waals surface area contributed by atoms with Gasteiger partial charge >= 0.3 is 0 Å². The summed E-state index contributed by atoms with van der Waals surface area (Å²) in [5.74, 6) is -0.184. The van der Waals surface area contributed by atoms with Crippen molar-refractivity contribution >= 4 is 40.3 Å². The van der Waals surface area contributed by atoms with Crippen LogP contribution >= 0.6 is 11.6 Å². The predicted molar refractivity (Wildman–Crippen MR) is 114 cm³/mol. The van der Waals surface area contributed by atoms with E-state index in [1.807, 2.05) is 37.2 Å². The number of hydrogen-bond acceptors (Lipinski definition) is 5. The Morgan fingerprint density at radius 2 is 1.97 bits per heavy atom. The number of H-pyrrole nitrogens is 1. The second-order valence-corrected chi connectivity index (χ2v) is 7.39. The van der Waals surface area contributed by atoms with Gasteiger partial charge in [0.1, 0.15) is 5.69 Å². The summed E-state index contributed by atoms with van der Waals surface area (Å²) in [6.45, 7) is 1.64. The highest BCUT2D eigenvalue weighted by atomic mass is 35.5. The SMILES string of the molecule is Cc1n[nH]n(-c2cccc(C3=Nc4cc(N(C)C)c(Cl)cc4NC(=O)C3)c2)c1=O. The molecule has 4 rings (SSSR count). The summed E-state index contributed by atoms with van der Waals surface area (Å²) in [5, 5.41) is 10.0. The molecule has 8 nitrogen and oxygen atoms in total. The zero-order valence-corrected chi connectivity index (χ0v) is 16.9. The van der Waals surface area contributed by atoms with Gasteiger partial charge in [0.25, 0.3) is 5.56 Å². The first kappa shape index (κ1) is 18.9. The molecule has 0 saturated heterocycles. The van der Waals surface area contributed by atoms with Gasteiger partial charge in [-0.05, 0) is 36.8 Å². The summed E-state index contributed by atoms with van der Waals surface area (Å²) in [5.41, 5.74) is 4.10. The number of anilines is 2. The third-order valence-electron chi connectivity index (χ3n) is 4.67. The number of aromatic nitrogens is 3. The van der Waals surface area contributed by atoms with E-state index in [4.69, 9.17) is 16.6 Å². The number of fused-ring (bicyclic) bond motifs is 1. The van der Waals surface area contributed by atoms with Crippen LogP contribution in [0.15, 0.2) is 46.2 Å². The number of carbonyl (C=O) groups excluding carboxylic acids is 1. The second kappa shape index (κ2) is 7.21. The highest BCUT2D eigenvalue weighted by Crippen LogP contribution is 2.38. The van der Waals surface area contributed by atoms with Gasteiger partial charge in [0, 0.05) is 14.1 Å². The van der Waals surface area contributed by atoms with Gasteiger partial charge in [0.2, 0.25) is 5.91 Å². The summed E-state index contributed by atoms with van der Waals surface area (Å²) < 4.78 is 1.36. The molecule has 0 aliphatic carbocycles. The molecule has 0 spiro atoms. The molecule has 1 aliphatic heterocycles. The van der Waals surface area contributed by atoms with Gasteiger partial charge in [-0.2, -0.15) is 5.10 Å². The maximum Gasteiger partial charge on any atom is 0.294 e. The second-order valence-electron chi connectivity index (χ2n) is 6.99. The topological polar surface area (TPSA) is 95.4 Å². The standard InChI is InChI=1S/C20H19ClN6O2/c1-11-20(29)27(25-24-11)13-6-4-5-12(7-13)15-10-19(28)23-16-8-14(21)18(26(2)3)9-17(16)22-15/h4-9,25H,10H2,1-3H3,(H,23,28). The first-order chi connectivity index (χ1) is 13.8. The van der Waals surface area contributed by atoms with Crippen LogP contribution in [0.25, 0.3) is 5.69 Å². The summed E-state index contributed by atoms with van der Waals surface area (Å²) in [7, 11) is 3.78. The van der Waals surface area contributed by atoms with E-state index in [0.29, 0.717) is 33.5 Å². The fraction of sp³-hybridized carbons (Fsp3) is 0.200. The van der Waals surface area contributed by atoms with Crippen molar-refractivity contribution in [1.82, 2.24) is 15.0 Å². The van der Waals surface area contributed by atoms with Gasteiger partial charge in [-0.25, -0.2) is 9.90 Å². The van der Waals surface area contributed by atoms with Crippen molar-refractivity contribution in [2.75, 3.05) is 24.3 Å². The largest absolute Gasteiger partial charge is 0.376 e. The maximum atomic E-state index is 12.5. The number of aliphatic imine (C=N–C) groups is 1. The van der Waals surface area contributed by atoms with Crippen molar-refractivity contribution in [3.05, 3.63) is 63.0 Å². The number of hydrogen-bond donors (Lipinski definition) is 2. The van der Waals surface area contributed by atoms with Crippen molar-refractivity contribution < 1.29 is 4.79 Å². The molecule has 2 heterocycles. The molecule has 0 unspecified atom stereocenters. The summed E-state index contributed by atoms with van der Waals surface area (Å²) >= 11 is 6.33. The Balaban J connectivity index is 1.83. The van der Waals surface area contributed by atoms with Crippen LogP contribution in [0.2, 0.25) is 5.02 Å². The maximum absolute atomic E-state index is 12.5. The van der Waals surface area contributed by atoms with Crippen molar-refractivity contribution in [3.63, 3.8) is 0 Å². The minimum Gasteiger partial charge on any atom is -0.376 e. The summed E-state index contributed by atoms with van der Waals surface area (Å²) in [6.07, 6.45) is 0.101. The Labute approximate surface area is 171 Å². The lowest BCUT2D eigenvalue weighted by Gasteiger charge is -2.16. The molecule has 2 aromatic carbocycles. The Bertz CT molecular complexity index is 1210. The van der Waals surface area contributed by atoms with E-state index >= 15 is 0 Å². The van der Waals surface area contributed by atoms with Gasteiger partial charge in [-0.15, -0.1) is 0 Å². The van der Waals surface area contributed by atoms with Crippen LogP contribution in [0.4, 0.5) is 17.1 Å². The average molecular weight is 411 g/mol. The van der Waals surface area contributed by atoms with Crippen molar-refractivity contribution in [2.45, 2.75) is 13.3 Å². The first-order valence-electron chi connectivity index (χ1n) is 8.96. The highest BCUT2D eigenvalue weighted by molar-refractivity contribution is 6.34. The molecule has 1 aliphatic rings. The number of amides is 1. The zero-order chi connectivity index (χ0) is 20.7. The van der Waals surface area contributed by atoms with Crippen LogP contribution in [0.3, 0.4) is 0 Å². The molecule has 1 aromatic heterocycles. The lowest BCUT2D eigenvalue weighted by Crippen LogP contribution is -2.17. The third-order valence-corrected chi connectivity index (χ3v) is 4.98. The number of rotatable bonds is 3. The lowest BCUT2D eigenvalue weighted by atomic mass is 10.1. The molecule has 1 amide bonds. The van der Waals surface area contributed by atoms with E-state index in [9.17, 15) is 9.59 Å². The fourth-order valence-corrected chi connectivity index (χ4v) is 3.50. The first-order valence-corrected chi connectivity index (χ1v) is 9.34. The Morgan fingerprint density at radius 3 is 2.66 bits per heavy atom. The van der Waals surface area contributed by atoms with Crippen LogP contribution in [-0.2, 0) is 4.79 Å². The third kappa shape index (κ3) is 3.54. The Morgan fingerprint density at radius 1 is 1.17 bits per heavy atom. The van der Waals surface area contributed by atoms with Crippen LogP contribution in [0.5, 0.6) is 0 Å². The number of nitrogens with one attached hydrogen (secondary N) is 2. The molecule has 0 saturated carbocycles. The van der Waals surface area contributed by atoms with Gasteiger partial charge in [-0.1, -0.05) is 23.7 Å². The number of benzene rings is 2. The molecule has 3 aromatic rings. The molecule has 0 atom stereocenters. The predicted octanol–water partition coefficient (Wildman–Crippen LogP) is 3.05. The zero-order valence-electron chi connectivity index (χ0n) is 16.2. The van der Waals surface area contributed by atoms with Gasteiger partial charge in [0.15, 0.2) is 0 Å². The Hall–Kier alpha value is -3.39. The molecule has 0 bridgehead atoms. The van der Waals surface area contributed by atoms with E-state index in [-0.39, 0.29) is 17.9 Å². The van der Waals surface area contributed by atoms with Gasteiger partial charge in [-0.3, -0.25) is 14.6 Å². The van der Waals surface area contributed by atoms with E-state index in [0.717, 1.165) is 11.3 Å². The van der Waals surface area contributed by atoms with Gasteiger partial charge < -0.3 is 10.2 Å². The Kier molecular flexibility index (Phi) is 4.71. The number of aromatic amines is 1.